The maximum absolute atomic E-state index is 12.1. The van der Waals surface area contributed by atoms with Gasteiger partial charge in [-0.1, -0.05) is 0 Å². The summed E-state index contributed by atoms with van der Waals surface area (Å²) in [5.41, 5.74) is 2.42. The fourth-order valence-corrected chi connectivity index (χ4v) is 2.13. The van der Waals surface area contributed by atoms with Crippen LogP contribution in [-0.2, 0) is 11.8 Å². The summed E-state index contributed by atoms with van der Waals surface area (Å²) in [6.07, 6.45) is 3.50. The van der Waals surface area contributed by atoms with Crippen molar-refractivity contribution >= 4 is 17.3 Å². The maximum atomic E-state index is 12.1. The number of hydrogen-bond acceptors (Lipinski definition) is 4. The molecule has 2 N–H and O–H groups in total. The van der Waals surface area contributed by atoms with Crippen LogP contribution in [0.25, 0.3) is 0 Å². The van der Waals surface area contributed by atoms with Crippen LogP contribution in [0, 0.1) is 0 Å². The Morgan fingerprint density at radius 2 is 2.21 bits per heavy atom. The molecular weight excluding hydrogens is 244 g/mol. The Morgan fingerprint density at radius 3 is 2.89 bits per heavy atom. The van der Waals surface area contributed by atoms with E-state index in [1.54, 1.807) is 18.0 Å². The van der Waals surface area contributed by atoms with E-state index in [4.69, 9.17) is 4.74 Å². The first-order valence-electron chi connectivity index (χ1n) is 5.91. The first kappa shape index (κ1) is 11.6. The van der Waals surface area contributed by atoms with Crippen molar-refractivity contribution in [3.05, 3.63) is 36.2 Å². The van der Waals surface area contributed by atoms with E-state index in [-0.39, 0.29) is 5.91 Å². The van der Waals surface area contributed by atoms with E-state index in [1.165, 1.54) is 0 Å². The molecule has 0 bridgehead atoms. The molecule has 0 spiro atoms. The normalized spacial score (nSPS) is 17.4. The number of benzene rings is 1. The first-order chi connectivity index (χ1) is 9.17. The van der Waals surface area contributed by atoms with Crippen LogP contribution in [0.1, 0.15) is 11.6 Å². The number of carbonyl (C=O) groups excluding carboxylic acids is 1. The Kier molecular flexibility index (Phi) is 2.63. The standard InChI is InChI=1S/C13H14N4O2/c1-17-7-8(6-14-17)12-13(18)16-10-4-3-9(19-2)5-11(10)15-12/h3-7,12,15H,1-2H3,(H,16,18). The average molecular weight is 258 g/mol. The Balaban J connectivity index is 1.96. The molecule has 1 atom stereocenters. The zero-order chi connectivity index (χ0) is 13.4. The van der Waals surface area contributed by atoms with Gasteiger partial charge in [-0.3, -0.25) is 9.48 Å². The molecule has 0 aliphatic carbocycles. The van der Waals surface area contributed by atoms with Crippen molar-refractivity contribution in [2.24, 2.45) is 7.05 Å². The molecule has 0 saturated carbocycles. The molecule has 19 heavy (non-hydrogen) atoms. The lowest BCUT2D eigenvalue weighted by Crippen LogP contribution is -2.31. The van der Waals surface area contributed by atoms with Gasteiger partial charge in [-0.2, -0.15) is 5.10 Å². The molecule has 1 amide bonds. The number of anilines is 2. The molecule has 6 nitrogen and oxygen atoms in total. The van der Waals surface area contributed by atoms with Gasteiger partial charge in [0.1, 0.15) is 11.8 Å². The third-order valence-corrected chi connectivity index (χ3v) is 3.10. The predicted octanol–water partition coefficient (Wildman–Crippen LogP) is 1.53. The van der Waals surface area contributed by atoms with Gasteiger partial charge in [-0.15, -0.1) is 0 Å². The van der Waals surface area contributed by atoms with Gasteiger partial charge in [0, 0.05) is 24.9 Å². The SMILES string of the molecule is COc1ccc2c(c1)NC(c1cnn(C)c1)C(=O)N2. The summed E-state index contributed by atoms with van der Waals surface area (Å²) < 4.78 is 6.86. The Morgan fingerprint density at radius 1 is 1.37 bits per heavy atom. The molecule has 0 saturated heterocycles. The minimum absolute atomic E-state index is 0.0920. The number of methoxy groups -OCH3 is 1. The number of amides is 1. The number of rotatable bonds is 2. The zero-order valence-electron chi connectivity index (χ0n) is 10.7. The highest BCUT2D eigenvalue weighted by molar-refractivity contribution is 6.03. The van der Waals surface area contributed by atoms with Crippen LogP contribution in [0.15, 0.2) is 30.6 Å². The summed E-state index contributed by atoms with van der Waals surface area (Å²) in [4.78, 5) is 12.1. The number of nitrogens with zero attached hydrogens (tertiary/aromatic N) is 2. The van der Waals surface area contributed by atoms with Crippen molar-refractivity contribution in [2.75, 3.05) is 17.7 Å². The van der Waals surface area contributed by atoms with Gasteiger partial charge in [0.25, 0.3) is 5.91 Å². The smallest absolute Gasteiger partial charge is 0.251 e. The number of nitrogens with one attached hydrogen (secondary N) is 2. The average Bonchev–Trinajstić information content (AvgIpc) is 2.84. The van der Waals surface area contributed by atoms with Crippen LogP contribution in [-0.4, -0.2) is 22.8 Å². The lowest BCUT2D eigenvalue weighted by molar-refractivity contribution is -0.117. The van der Waals surface area contributed by atoms with Crippen molar-refractivity contribution in [1.82, 2.24) is 9.78 Å². The van der Waals surface area contributed by atoms with Gasteiger partial charge in [0.15, 0.2) is 0 Å². The maximum Gasteiger partial charge on any atom is 0.251 e. The Hall–Kier alpha value is -2.50. The van der Waals surface area contributed by atoms with E-state index in [2.05, 4.69) is 15.7 Å². The fourth-order valence-electron chi connectivity index (χ4n) is 2.13. The van der Waals surface area contributed by atoms with E-state index in [1.807, 2.05) is 31.4 Å². The van der Waals surface area contributed by atoms with E-state index in [0.29, 0.717) is 0 Å². The van der Waals surface area contributed by atoms with Crippen molar-refractivity contribution < 1.29 is 9.53 Å². The Bertz CT molecular complexity index is 635. The zero-order valence-corrected chi connectivity index (χ0v) is 10.7. The number of hydrogen-bond donors (Lipinski definition) is 2. The van der Waals surface area contributed by atoms with E-state index < -0.39 is 6.04 Å². The predicted molar refractivity (Wildman–Crippen MR) is 71.2 cm³/mol. The lowest BCUT2D eigenvalue weighted by Gasteiger charge is -2.26. The van der Waals surface area contributed by atoms with Crippen LogP contribution >= 0.6 is 0 Å². The highest BCUT2D eigenvalue weighted by Crippen LogP contribution is 2.34. The molecule has 3 rings (SSSR count). The molecule has 1 unspecified atom stereocenters. The lowest BCUT2D eigenvalue weighted by atomic mass is 10.1. The monoisotopic (exact) mass is 258 g/mol. The molecule has 6 heteroatoms. The molecule has 1 aromatic heterocycles. The highest BCUT2D eigenvalue weighted by Gasteiger charge is 2.28. The van der Waals surface area contributed by atoms with Gasteiger partial charge in [0.05, 0.1) is 24.7 Å². The molecule has 2 aromatic rings. The van der Waals surface area contributed by atoms with Crippen LogP contribution in [0.5, 0.6) is 5.75 Å². The fraction of sp³-hybridized carbons (Fsp3) is 0.231. The van der Waals surface area contributed by atoms with E-state index >= 15 is 0 Å². The summed E-state index contributed by atoms with van der Waals surface area (Å²) in [5.74, 6) is 0.651. The second kappa shape index (κ2) is 4.31. The second-order valence-electron chi connectivity index (χ2n) is 4.43. The van der Waals surface area contributed by atoms with Gasteiger partial charge in [-0.25, -0.2) is 0 Å². The summed E-state index contributed by atoms with van der Waals surface area (Å²) >= 11 is 0. The third-order valence-electron chi connectivity index (χ3n) is 3.10. The number of carbonyl (C=O) groups is 1. The Labute approximate surface area is 110 Å². The van der Waals surface area contributed by atoms with Crippen LogP contribution < -0.4 is 15.4 Å². The van der Waals surface area contributed by atoms with Gasteiger partial charge in [0.2, 0.25) is 0 Å². The number of aryl methyl sites for hydroxylation is 1. The van der Waals surface area contributed by atoms with Gasteiger partial charge >= 0.3 is 0 Å². The van der Waals surface area contributed by atoms with Gasteiger partial charge < -0.3 is 15.4 Å². The van der Waals surface area contributed by atoms with Crippen molar-refractivity contribution in [3.8, 4) is 5.75 Å². The highest BCUT2D eigenvalue weighted by atomic mass is 16.5. The number of ether oxygens (including phenoxy) is 1. The molecule has 0 radical (unpaired) electrons. The second-order valence-corrected chi connectivity index (χ2v) is 4.43. The molecule has 98 valence electrons. The number of fused-ring (bicyclic) bond motifs is 1. The van der Waals surface area contributed by atoms with Crippen LogP contribution in [0.3, 0.4) is 0 Å². The minimum Gasteiger partial charge on any atom is -0.497 e. The summed E-state index contributed by atoms with van der Waals surface area (Å²) in [7, 11) is 3.43. The topological polar surface area (TPSA) is 68.2 Å². The molecule has 1 aliphatic heterocycles. The largest absolute Gasteiger partial charge is 0.497 e. The van der Waals surface area contributed by atoms with E-state index in [0.717, 1.165) is 22.7 Å². The van der Waals surface area contributed by atoms with Crippen LogP contribution in [0.4, 0.5) is 11.4 Å². The van der Waals surface area contributed by atoms with Crippen molar-refractivity contribution in [3.63, 3.8) is 0 Å². The quantitative estimate of drug-likeness (QED) is 0.857. The molecule has 0 fully saturated rings. The summed E-state index contributed by atoms with van der Waals surface area (Å²) in [6.45, 7) is 0. The number of aromatic nitrogens is 2. The molecule has 1 aromatic carbocycles. The van der Waals surface area contributed by atoms with Gasteiger partial charge in [-0.05, 0) is 12.1 Å². The summed E-state index contributed by atoms with van der Waals surface area (Å²) in [5, 5.41) is 10.2. The molecule has 2 heterocycles. The van der Waals surface area contributed by atoms with Crippen molar-refractivity contribution in [1.29, 1.82) is 0 Å². The van der Waals surface area contributed by atoms with Crippen LogP contribution in [0.2, 0.25) is 0 Å². The third kappa shape index (κ3) is 2.01. The first-order valence-corrected chi connectivity index (χ1v) is 5.91. The van der Waals surface area contributed by atoms with E-state index in [9.17, 15) is 4.79 Å². The minimum atomic E-state index is -0.437. The van der Waals surface area contributed by atoms with Crippen molar-refractivity contribution in [2.45, 2.75) is 6.04 Å². The summed E-state index contributed by atoms with van der Waals surface area (Å²) in [6, 6.07) is 5.05. The molecule has 1 aliphatic rings. The molecular formula is C13H14N4O2.